The molecule has 0 aromatic heterocycles. The molecule has 0 unspecified atom stereocenters. The number of rotatable bonds is 2. The van der Waals surface area contributed by atoms with Crippen molar-refractivity contribution in [3.8, 4) is 0 Å². The number of hydrogen-bond donors (Lipinski definition) is 1. The Morgan fingerprint density at radius 1 is 1.22 bits per heavy atom. The van der Waals surface area contributed by atoms with Crippen molar-refractivity contribution in [3.05, 3.63) is 28.2 Å². The van der Waals surface area contributed by atoms with E-state index in [0.717, 1.165) is 28.6 Å². The number of amides is 1. The summed E-state index contributed by atoms with van der Waals surface area (Å²) in [7, 11) is 0. The van der Waals surface area contributed by atoms with Crippen molar-refractivity contribution in [2.24, 2.45) is 5.92 Å². The number of carbonyl (C=O) groups is 1. The number of carbonyl (C=O) groups excluding carboxylic acids is 1. The predicted octanol–water partition coefficient (Wildman–Crippen LogP) is 4.67. The Bertz CT molecular complexity index is 423. The Hall–Kier alpha value is -0.830. The summed E-state index contributed by atoms with van der Waals surface area (Å²) in [6.45, 7) is 2.03. The zero-order valence-corrected chi connectivity index (χ0v) is 12.4. The molecule has 2 nitrogen and oxygen atoms in total. The number of halogens is 1. The van der Waals surface area contributed by atoms with Gasteiger partial charge in [0, 0.05) is 16.1 Å². The number of nitrogens with one attached hydrogen (secondary N) is 1. The zero-order chi connectivity index (χ0) is 13.0. The lowest BCUT2D eigenvalue weighted by atomic mass is 9.99. The molecule has 0 atom stereocenters. The second-order valence-electron chi connectivity index (χ2n) is 5.14. The van der Waals surface area contributed by atoms with Gasteiger partial charge in [-0.1, -0.05) is 41.6 Å². The molecule has 0 aliphatic heterocycles. The maximum Gasteiger partial charge on any atom is 0.227 e. The minimum Gasteiger partial charge on any atom is -0.326 e. The zero-order valence-electron chi connectivity index (χ0n) is 10.8. The van der Waals surface area contributed by atoms with Crippen molar-refractivity contribution in [1.29, 1.82) is 0 Å². The van der Waals surface area contributed by atoms with Crippen LogP contribution in [0.2, 0.25) is 0 Å². The summed E-state index contributed by atoms with van der Waals surface area (Å²) in [5.41, 5.74) is 2.05. The van der Waals surface area contributed by atoms with E-state index in [-0.39, 0.29) is 11.8 Å². The minimum absolute atomic E-state index is 0.193. The van der Waals surface area contributed by atoms with E-state index in [1.54, 1.807) is 0 Å². The second kappa shape index (κ2) is 6.37. The first-order valence-corrected chi connectivity index (χ1v) is 7.53. The first-order chi connectivity index (χ1) is 8.66. The number of hydrogen-bond acceptors (Lipinski definition) is 1. The summed E-state index contributed by atoms with van der Waals surface area (Å²) < 4.78 is 1.08. The van der Waals surface area contributed by atoms with Crippen LogP contribution in [0.3, 0.4) is 0 Å². The van der Waals surface area contributed by atoms with Crippen LogP contribution in [-0.4, -0.2) is 5.91 Å². The average Bonchev–Trinajstić information content (AvgIpc) is 2.62. The summed E-state index contributed by atoms with van der Waals surface area (Å²) in [4.78, 5) is 12.2. The molecule has 18 heavy (non-hydrogen) atoms. The van der Waals surface area contributed by atoms with Gasteiger partial charge < -0.3 is 5.32 Å². The molecule has 1 aromatic rings. The van der Waals surface area contributed by atoms with Crippen LogP contribution in [-0.2, 0) is 4.79 Å². The monoisotopic (exact) mass is 309 g/mol. The van der Waals surface area contributed by atoms with E-state index >= 15 is 0 Å². The first kappa shape index (κ1) is 13.6. The quantitative estimate of drug-likeness (QED) is 0.790. The first-order valence-electron chi connectivity index (χ1n) is 6.74. The number of anilines is 1. The average molecular weight is 310 g/mol. The summed E-state index contributed by atoms with van der Waals surface area (Å²) in [6, 6.07) is 5.95. The van der Waals surface area contributed by atoms with E-state index in [1.807, 2.05) is 25.1 Å². The van der Waals surface area contributed by atoms with Gasteiger partial charge in [-0.3, -0.25) is 4.79 Å². The van der Waals surface area contributed by atoms with Crippen molar-refractivity contribution in [2.75, 3.05) is 5.32 Å². The lowest BCUT2D eigenvalue weighted by Gasteiger charge is -2.14. The molecule has 1 aromatic carbocycles. The Morgan fingerprint density at radius 2 is 1.89 bits per heavy atom. The molecule has 3 heteroatoms. The van der Waals surface area contributed by atoms with Gasteiger partial charge in [0.15, 0.2) is 0 Å². The summed E-state index contributed by atoms with van der Waals surface area (Å²) in [6.07, 6.45) is 7.03. The molecule has 0 bridgehead atoms. The van der Waals surface area contributed by atoms with Gasteiger partial charge in [0.05, 0.1) is 0 Å². The molecule has 1 amide bonds. The highest BCUT2D eigenvalue weighted by Gasteiger charge is 2.19. The molecule has 1 fully saturated rings. The molecule has 1 aliphatic rings. The van der Waals surface area contributed by atoms with Gasteiger partial charge >= 0.3 is 0 Å². The van der Waals surface area contributed by atoms with Crippen LogP contribution in [0.25, 0.3) is 0 Å². The summed E-state index contributed by atoms with van der Waals surface area (Å²) >= 11 is 3.47. The van der Waals surface area contributed by atoms with Gasteiger partial charge in [-0.2, -0.15) is 0 Å². The van der Waals surface area contributed by atoms with Crippen LogP contribution >= 0.6 is 15.9 Å². The van der Waals surface area contributed by atoms with E-state index in [4.69, 9.17) is 0 Å². The SMILES string of the molecule is Cc1cc(NC(=O)C2CCCCCC2)ccc1Br. The fourth-order valence-electron chi connectivity index (χ4n) is 2.51. The highest BCUT2D eigenvalue weighted by atomic mass is 79.9. The number of benzene rings is 1. The van der Waals surface area contributed by atoms with Crippen LogP contribution in [0.4, 0.5) is 5.69 Å². The smallest absolute Gasteiger partial charge is 0.227 e. The molecule has 1 aliphatic carbocycles. The van der Waals surface area contributed by atoms with E-state index in [2.05, 4.69) is 21.2 Å². The Morgan fingerprint density at radius 3 is 2.50 bits per heavy atom. The molecule has 98 valence electrons. The van der Waals surface area contributed by atoms with Crippen molar-refractivity contribution in [2.45, 2.75) is 45.4 Å². The lowest BCUT2D eigenvalue weighted by molar-refractivity contribution is -0.120. The van der Waals surface area contributed by atoms with Gasteiger partial charge in [-0.25, -0.2) is 0 Å². The standard InChI is InChI=1S/C15H20BrNO/c1-11-10-13(8-9-14(11)16)17-15(18)12-6-4-2-3-5-7-12/h8-10,12H,2-7H2,1H3,(H,17,18). The highest BCUT2D eigenvalue weighted by molar-refractivity contribution is 9.10. The fourth-order valence-corrected chi connectivity index (χ4v) is 2.75. The van der Waals surface area contributed by atoms with Gasteiger partial charge in [-0.15, -0.1) is 0 Å². The van der Waals surface area contributed by atoms with Crippen LogP contribution < -0.4 is 5.32 Å². The van der Waals surface area contributed by atoms with Crippen molar-refractivity contribution >= 4 is 27.5 Å². The summed E-state index contributed by atoms with van der Waals surface area (Å²) in [5.74, 6) is 0.398. The van der Waals surface area contributed by atoms with E-state index in [0.29, 0.717) is 0 Å². The molecule has 0 spiro atoms. The van der Waals surface area contributed by atoms with Crippen molar-refractivity contribution in [1.82, 2.24) is 0 Å². The molecule has 1 saturated carbocycles. The van der Waals surface area contributed by atoms with Gasteiger partial charge in [0.1, 0.15) is 0 Å². The fraction of sp³-hybridized carbons (Fsp3) is 0.533. The van der Waals surface area contributed by atoms with Gasteiger partial charge in [-0.05, 0) is 43.5 Å². The third-order valence-electron chi connectivity index (χ3n) is 3.65. The van der Waals surface area contributed by atoms with E-state index in [1.165, 1.54) is 25.7 Å². The molecule has 0 heterocycles. The maximum atomic E-state index is 12.2. The Labute approximate surface area is 117 Å². The largest absolute Gasteiger partial charge is 0.326 e. The predicted molar refractivity (Wildman–Crippen MR) is 78.7 cm³/mol. The Balaban J connectivity index is 1.99. The van der Waals surface area contributed by atoms with Crippen LogP contribution in [0.15, 0.2) is 22.7 Å². The molecule has 2 rings (SSSR count). The van der Waals surface area contributed by atoms with Crippen molar-refractivity contribution < 1.29 is 4.79 Å². The van der Waals surface area contributed by atoms with E-state index < -0.39 is 0 Å². The van der Waals surface area contributed by atoms with Gasteiger partial charge in [0.2, 0.25) is 5.91 Å². The van der Waals surface area contributed by atoms with Crippen LogP contribution in [0, 0.1) is 12.8 Å². The third-order valence-corrected chi connectivity index (χ3v) is 4.54. The maximum absolute atomic E-state index is 12.2. The van der Waals surface area contributed by atoms with Crippen molar-refractivity contribution in [3.63, 3.8) is 0 Å². The van der Waals surface area contributed by atoms with E-state index in [9.17, 15) is 4.79 Å². The minimum atomic E-state index is 0.193. The lowest BCUT2D eigenvalue weighted by Crippen LogP contribution is -2.22. The van der Waals surface area contributed by atoms with Crippen LogP contribution in [0.5, 0.6) is 0 Å². The number of aryl methyl sites for hydroxylation is 1. The normalized spacial score (nSPS) is 17.2. The van der Waals surface area contributed by atoms with Gasteiger partial charge in [0.25, 0.3) is 0 Å². The second-order valence-corrected chi connectivity index (χ2v) is 6.00. The summed E-state index contributed by atoms with van der Waals surface area (Å²) in [5, 5.41) is 3.05. The molecule has 0 radical (unpaired) electrons. The topological polar surface area (TPSA) is 29.1 Å². The molecular weight excluding hydrogens is 290 g/mol. The third kappa shape index (κ3) is 3.58. The molecule has 1 N–H and O–H groups in total. The Kier molecular flexibility index (Phi) is 4.81. The highest BCUT2D eigenvalue weighted by Crippen LogP contribution is 2.25. The molecule has 0 saturated heterocycles. The van der Waals surface area contributed by atoms with Crippen LogP contribution in [0.1, 0.15) is 44.1 Å². The molecular formula is C15H20BrNO.